The zero-order valence-electron chi connectivity index (χ0n) is 13.9. The van der Waals surface area contributed by atoms with Crippen LogP contribution in [-0.4, -0.2) is 24.9 Å². The van der Waals surface area contributed by atoms with E-state index in [0.717, 1.165) is 10.8 Å². The summed E-state index contributed by atoms with van der Waals surface area (Å²) < 4.78 is 7.29. The smallest absolute Gasteiger partial charge is 0.239 e. The van der Waals surface area contributed by atoms with Gasteiger partial charge >= 0.3 is 0 Å². The summed E-state index contributed by atoms with van der Waals surface area (Å²) in [4.78, 5) is 4.50. The Balaban J connectivity index is 1.82. The lowest BCUT2D eigenvalue weighted by atomic mass is 9.96. The largest absolute Gasteiger partial charge is 0.338 e. The highest BCUT2D eigenvalue weighted by Crippen LogP contribution is 2.34. The molecule has 0 saturated carbocycles. The Morgan fingerprint density at radius 1 is 1.29 bits per heavy atom. The molecule has 0 aliphatic heterocycles. The normalized spacial score (nSPS) is 13.2. The Labute approximate surface area is 149 Å². The number of aromatic nitrogens is 5. The number of halogens is 1. The Morgan fingerprint density at radius 3 is 2.75 bits per heavy atom. The predicted molar refractivity (Wildman–Crippen MR) is 93.6 cm³/mol. The Hall–Kier alpha value is -1.86. The van der Waals surface area contributed by atoms with E-state index in [9.17, 15) is 0 Å². The quantitative estimate of drug-likeness (QED) is 0.637. The summed E-state index contributed by atoms with van der Waals surface area (Å²) in [6, 6.07) is 7.54. The molecule has 2 aromatic heterocycles. The number of hydrogen-bond acceptors (Lipinski definition) is 6. The molecule has 3 rings (SSSR count). The van der Waals surface area contributed by atoms with Crippen molar-refractivity contribution in [1.82, 2.24) is 24.9 Å². The van der Waals surface area contributed by atoms with Crippen molar-refractivity contribution in [1.29, 1.82) is 0 Å². The lowest BCUT2D eigenvalue weighted by Crippen LogP contribution is -2.13. The van der Waals surface area contributed by atoms with E-state index in [4.69, 9.17) is 16.1 Å². The summed E-state index contributed by atoms with van der Waals surface area (Å²) in [5.41, 5.74) is 0.760. The van der Waals surface area contributed by atoms with Crippen molar-refractivity contribution >= 4 is 23.4 Å². The molecule has 0 unspecified atom stereocenters. The molecule has 0 aliphatic rings. The van der Waals surface area contributed by atoms with Gasteiger partial charge in [-0.3, -0.25) is 4.57 Å². The van der Waals surface area contributed by atoms with Gasteiger partial charge in [0.1, 0.15) is 6.33 Å². The van der Waals surface area contributed by atoms with Gasteiger partial charge in [-0.1, -0.05) is 55.4 Å². The lowest BCUT2D eigenvalue weighted by molar-refractivity contribution is 0.364. The zero-order chi connectivity index (χ0) is 17.3. The van der Waals surface area contributed by atoms with Gasteiger partial charge in [0.25, 0.3) is 0 Å². The van der Waals surface area contributed by atoms with E-state index in [-0.39, 0.29) is 10.7 Å². The summed E-state index contributed by atoms with van der Waals surface area (Å²) in [5.74, 6) is 1.27. The third-order valence-corrected chi connectivity index (χ3v) is 4.62. The summed E-state index contributed by atoms with van der Waals surface area (Å²) in [6.45, 7) is 8.15. The average molecular weight is 364 g/mol. The van der Waals surface area contributed by atoms with Crippen LogP contribution in [0.4, 0.5) is 0 Å². The summed E-state index contributed by atoms with van der Waals surface area (Å²) in [7, 11) is 0. The van der Waals surface area contributed by atoms with Gasteiger partial charge in [-0.25, -0.2) is 0 Å². The van der Waals surface area contributed by atoms with Crippen molar-refractivity contribution in [3.8, 4) is 5.69 Å². The van der Waals surface area contributed by atoms with Crippen LogP contribution in [0.5, 0.6) is 0 Å². The van der Waals surface area contributed by atoms with Crippen LogP contribution in [-0.2, 0) is 5.41 Å². The zero-order valence-corrected chi connectivity index (χ0v) is 15.5. The van der Waals surface area contributed by atoms with Gasteiger partial charge in [-0.15, -0.1) is 10.2 Å². The molecule has 1 aromatic carbocycles. The predicted octanol–water partition coefficient (Wildman–Crippen LogP) is 4.45. The number of nitrogens with zero attached hydrogens (tertiary/aromatic N) is 5. The topological polar surface area (TPSA) is 69.6 Å². The highest BCUT2D eigenvalue weighted by Gasteiger charge is 2.24. The SMILES string of the molecule is C[C@@H](Sc1nncn1-c1cccc(Cl)c1)c1nc(C(C)(C)C)no1. The van der Waals surface area contributed by atoms with Gasteiger partial charge < -0.3 is 4.52 Å². The maximum absolute atomic E-state index is 6.07. The highest BCUT2D eigenvalue weighted by atomic mass is 35.5. The van der Waals surface area contributed by atoms with Gasteiger partial charge in [-0.2, -0.15) is 4.98 Å². The molecule has 6 nitrogen and oxygen atoms in total. The van der Waals surface area contributed by atoms with Gasteiger partial charge in [-0.05, 0) is 25.1 Å². The van der Waals surface area contributed by atoms with E-state index in [2.05, 4.69) is 41.1 Å². The minimum Gasteiger partial charge on any atom is -0.338 e. The molecule has 0 fully saturated rings. The first kappa shape index (κ1) is 17.0. The minimum absolute atomic E-state index is 0.0456. The maximum Gasteiger partial charge on any atom is 0.239 e. The Kier molecular flexibility index (Phi) is 4.64. The molecule has 0 bridgehead atoms. The number of thioether (sulfide) groups is 1. The summed E-state index contributed by atoms with van der Waals surface area (Å²) in [6.07, 6.45) is 1.66. The third kappa shape index (κ3) is 3.62. The van der Waals surface area contributed by atoms with E-state index in [1.807, 2.05) is 35.8 Å². The number of hydrogen-bond donors (Lipinski definition) is 0. The van der Waals surface area contributed by atoms with Gasteiger partial charge in [0.15, 0.2) is 11.0 Å². The first-order chi connectivity index (χ1) is 11.3. The molecule has 8 heteroatoms. The molecule has 2 heterocycles. The van der Waals surface area contributed by atoms with E-state index >= 15 is 0 Å². The molecule has 0 spiro atoms. The van der Waals surface area contributed by atoms with Crippen molar-refractivity contribution in [2.45, 2.75) is 43.5 Å². The van der Waals surface area contributed by atoms with E-state index in [1.165, 1.54) is 11.8 Å². The second-order valence-electron chi connectivity index (χ2n) is 6.43. The fourth-order valence-electron chi connectivity index (χ4n) is 2.02. The van der Waals surface area contributed by atoms with Gasteiger partial charge in [0.2, 0.25) is 5.89 Å². The first-order valence-electron chi connectivity index (χ1n) is 7.51. The summed E-state index contributed by atoms with van der Waals surface area (Å²) in [5, 5.41) is 13.6. The van der Waals surface area contributed by atoms with Gasteiger partial charge in [0, 0.05) is 10.4 Å². The highest BCUT2D eigenvalue weighted by molar-refractivity contribution is 7.99. The average Bonchev–Trinajstić information content (AvgIpc) is 3.15. The Morgan fingerprint density at radius 2 is 2.08 bits per heavy atom. The van der Waals surface area contributed by atoms with Crippen molar-refractivity contribution in [3.05, 3.63) is 47.3 Å². The van der Waals surface area contributed by atoms with Crippen molar-refractivity contribution < 1.29 is 4.52 Å². The van der Waals surface area contributed by atoms with Crippen molar-refractivity contribution in [3.63, 3.8) is 0 Å². The molecule has 24 heavy (non-hydrogen) atoms. The molecule has 0 radical (unpaired) electrons. The molecule has 0 aliphatic carbocycles. The van der Waals surface area contributed by atoms with Crippen LogP contribution < -0.4 is 0 Å². The van der Waals surface area contributed by atoms with E-state index < -0.39 is 0 Å². The van der Waals surface area contributed by atoms with Crippen LogP contribution in [0.2, 0.25) is 5.02 Å². The molecular weight excluding hydrogens is 346 g/mol. The minimum atomic E-state index is -0.146. The second-order valence-corrected chi connectivity index (χ2v) is 8.17. The van der Waals surface area contributed by atoms with Crippen LogP contribution in [0.25, 0.3) is 5.69 Å². The van der Waals surface area contributed by atoms with Crippen LogP contribution in [0.1, 0.15) is 44.7 Å². The molecular formula is C16H18ClN5OS. The van der Waals surface area contributed by atoms with Crippen LogP contribution in [0.3, 0.4) is 0 Å². The van der Waals surface area contributed by atoms with Crippen molar-refractivity contribution in [2.75, 3.05) is 0 Å². The van der Waals surface area contributed by atoms with Gasteiger partial charge in [0.05, 0.1) is 10.9 Å². The monoisotopic (exact) mass is 363 g/mol. The molecule has 0 saturated heterocycles. The van der Waals surface area contributed by atoms with Crippen LogP contribution >= 0.6 is 23.4 Å². The lowest BCUT2D eigenvalue weighted by Gasteiger charge is -2.11. The summed E-state index contributed by atoms with van der Waals surface area (Å²) >= 11 is 7.57. The number of benzene rings is 1. The fourth-order valence-corrected chi connectivity index (χ4v) is 3.08. The van der Waals surface area contributed by atoms with Crippen LogP contribution in [0, 0.1) is 0 Å². The second kappa shape index (κ2) is 6.57. The van der Waals surface area contributed by atoms with E-state index in [1.54, 1.807) is 6.33 Å². The fraction of sp³-hybridized carbons (Fsp3) is 0.375. The maximum atomic E-state index is 6.07. The molecule has 0 amide bonds. The molecule has 0 N–H and O–H groups in total. The molecule has 1 atom stereocenters. The third-order valence-electron chi connectivity index (χ3n) is 3.35. The Bertz CT molecular complexity index is 839. The standard InChI is InChI=1S/C16H18ClN5OS/c1-10(13-19-14(21-23-13)16(2,3)4)24-15-20-18-9-22(15)12-7-5-6-11(17)8-12/h5-10H,1-4H3/t10-/m1/s1. The number of rotatable bonds is 4. The van der Waals surface area contributed by atoms with Crippen LogP contribution in [0.15, 0.2) is 40.3 Å². The molecule has 126 valence electrons. The first-order valence-corrected chi connectivity index (χ1v) is 8.77. The van der Waals surface area contributed by atoms with E-state index in [0.29, 0.717) is 16.7 Å². The molecule has 3 aromatic rings. The van der Waals surface area contributed by atoms with Crippen molar-refractivity contribution in [2.24, 2.45) is 0 Å².